The molecular formula is C16H16F3N. The molecule has 0 saturated heterocycles. The van der Waals surface area contributed by atoms with E-state index in [2.05, 4.69) is 0 Å². The van der Waals surface area contributed by atoms with Crippen molar-refractivity contribution < 1.29 is 13.2 Å². The lowest BCUT2D eigenvalue weighted by atomic mass is 9.81. The molecule has 1 unspecified atom stereocenters. The van der Waals surface area contributed by atoms with Crippen LogP contribution in [0.4, 0.5) is 13.2 Å². The first-order valence-electron chi connectivity index (χ1n) is 6.26. The predicted octanol–water partition coefficient (Wildman–Crippen LogP) is 4.24. The molecule has 2 N–H and O–H groups in total. The van der Waals surface area contributed by atoms with Gasteiger partial charge in [-0.1, -0.05) is 42.5 Å². The van der Waals surface area contributed by atoms with Crippen LogP contribution in [0.1, 0.15) is 29.2 Å². The number of hydrogen-bond donors (Lipinski definition) is 1. The fourth-order valence-corrected chi connectivity index (χ4v) is 2.48. The van der Waals surface area contributed by atoms with Crippen LogP contribution in [0.3, 0.4) is 0 Å². The molecule has 0 radical (unpaired) electrons. The molecule has 4 heteroatoms. The van der Waals surface area contributed by atoms with Crippen LogP contribution in [0.15, 0.2) is 48.5 Å². The summed E-state index contributed by atoms with van der Waals surface area (Å²) in [6.45, 7) is 3.45. The Bertz CT molecular complexity index is 615. The molecule has 2 aromatic rings. The lowest BCUT2D eigenvalue weighted by molar-refractivity contribution is -0.138. The van der Waals surface area contributed by atoms with Gasteiger partial charge in [-0.15, -0.1) is 0 Å². The molecule has 0 bridgehead atoms. The fourth-order valence-electron chi connectivity index (χ4n) is 2.48. The Labute approximate surface area is 116 Å². The molecule has 106 valence electrons. The van der Waals surface area contributed by atoms with Gasteiger partial charge in [-0.2, -0.15) is 13.2 Å². The Balaban J connectivity index is 2.65. The average Bonchev–Trinajstić information content (AvgIpc) is 2.38. The van der Waals surface area contributed by atoms with E-state index in [-0.39, 0.29) is 5.56 Å². The highest BCUT2D eigenvalue weighted by Crippen LogP contribution is 2.38. The molecule has 0 amide bonds. The summed E-state index contributed by atoms with van der Waals surface area (Å²) in [6.07, 6.45) is -4.42. The standard InChI is InChI=1S/C16H16F3N/c1-11-7-3-4-8-12(11)15(2,20)13-9-5-6-10-14(13)16(17,18)19/h3-10H,20H2,1-2H3. The summed E-state index contributed by atoms with van der Waals surface area (Å²) in [5.74, 6) is 0. The third-order valence-corrected chi connectivity index (χ3v) is 3.50. The van der Waals surface area contributed by atoms with Gasteiger partial charge in [0.05, 0.1) is 11.1 Å². The molecule has 0 saturated carbocycles. The molecule has 0 aliphatic heterocycles. The van der Waals surface area contributed by atoms with Crippen molar-refractivity contribution in [1.82, 2.24) is 0 Å². The molecule has 0 aliphatic carbocycles. The van der Waals surface area contributed by atoms with Gasteiger partial charge >= 0.3 is 6.18 Å². The molecule has 0 fully saturated rings. The average molecular weight is 279 g/mol. The van der Waals surface area contributed by atoms with E-state index >= 15 is 0 Å². The number of halogens is 3. The maximum absolute atomic E-state index is 13.1. The minimum atomic E-state index is -4.42. The van der Waals surface area contributed by atoms with E-state index in [0.29, 0.717) is 5.56 Å². The summed E-state index contributed by atoms with van der Waals surface area (Å²) in [5, 5.41) is 0. The van der Waals surface area contributed by atoms with Crippen molar-refractivity contribution in [2.75, 3.05) is 0 Å². The molecule has 0 heterocycles. The summed E-state index contributed by atoms with van der Waals surface area (Å²) >= 11 is 0. The quantitative estimate of drug-likeness (QED) is 0.874. The van der Waals surface area contributed by atoms with Crippen LogP contribution >= 0.6 is 0 Å². The van der Waals surface area contributed by atoms with E-state index < -0.39 is 17.3 Å². The number of benzene rings is 2. The second kappa shape index (κ2) is 4.94. The van der Waals surface area contributed by atoms with Gasteiger partial charge < -0.3 is 5.73 Å². The van der Waals surface area contributed by atoms with E-state index in [1.165, 1.54) is 12.1 Å². The molecule has 0 aromatic heterocycles. The van der Waals surface area contributed by atoms with Crippen LogP contribution in [-0.4, -0.2) is 0 Å². The van der Waals surface area contributed by atoms with E-state index in [1.54, 1.807) is 25.1 Å². The first-order valence-corrected chi connectivity index (χ1v) is 6.26. The molecule has 20 heavy (non-hydrogen) atoms. The zero-order valence-electron chi connectivity index (χ0n) is 11.3. The summed E-state index contributed by atoms with van der Waals surface area (Å²) < 4.78 is 39.4. The second-order valence-electron chi connectivity index (χ2n) is 5.06. The number of aryl methyl sites for hydroxylation is 1. The third kappa shape index (κ3) is 2.56. The smallest absolute Gasteiger partial charge is 0.318 e. The van der Waals surface area contributed by atoms with Crippen molar-refractivity contribution in [1.29, 1.82) is 0 Å². The topological polar surface area (TPSA) is 26.0 Å². The Morgan fingerprint density at radius 3 is 1.75 bits per heavy atom. The van der Waals surface area contributed by atoms with Gasteiger partial charge in [0.1, 0.15) is 0 Å². The maximum atomic E-state index is 13.1. The molecule has 1 nitrogen and oxygen atoms in total. The van der Waals surface area contributed by atoms with Gasteiger partial charge in [-0.05, 0) is 36.6 Å². The van der Waals surface area contributed by atoms with Crippen LogP contribution in [0.25, 0.3) is 0 Å². The van der Waals surface area contributed by atoms with Gasteiger partial charge in [-0.25, -0.2) is 0 Å². The zero-order chi connectivity index (χ0) is 15.0. The van der Waals surface area contributed by atoms with Crippen molar-refractivity contribution in [3.8, 4) is 0 Å². The maximum Gasteiger partial charge on any atom is 0.416 e. The number of nitrogens with two attached hydrogens (primary N) is 1. The second-order valence-corrected chi connectivity index (χ2v) is 5.06. The molecule has 2 rings (SSSR count). The molecule has 1 atom stereocenters. The predicted molar refractivity (Wildman–Crippen MR) is 73.3 cm³/mol. The zero-order valence-corrected chi connectivity index (χ0v) is 11.3. The van der Waals surface area contributed by atoms with Gasteiger partial charge in [0.15, 0.2) is 0 Å². The summed E-state index contributed by atoms with van der Waals surface area (Å²) in [6, 6.07) is 12.7. The van der Waals surface area contributed by atoms with E-state index in [0.717, 1.165) is 11.6 Å². The molecular weight excluding hydrogens is 263 g/mol. The van der Waals surface area contributed by atoms with Gasteiger partial charge in [0.25, 0.3) is 0 Å². The Morgan fingerprint density at radius 1 is 0.800 bits per heavy atom. The van der Waals surface area contributed by atoms with Gasteiger partial charge in [0, 0.05) is 0 Å². The number of rotatable bonds is 2. The largest absolute Gasteiger partial charge is 0.416 e. The molecule has 2 aromatic carbocycles. The normalized spacial score (nSPS) is 14.9. The van der Waals surface area contributed by atoms with Gasteiger partial charge in [0.2, 0.25) is 0 Å². The Kier molecular flexibility index (Phi) is 3.61. The highest BCUT2D eigenvalue weighted by Gasteiger charge is 2.38. The van der Waals surface area contributed by atoms with Crippen molar-refractivity contribution in [2.24, 2.45) is 5.73 Å². The van der Waals surface area contributed by atoms with E-state index in [9.17, 15) is 13.2 Å². The summed E-state index contributed by atoms with van der Waals surface area (Å²) in [5.41, 5.74) is 6.02. The molecule has 0 aliphatic rings. The van der Waals surface area contributed by atoms with Crippen molar-refractivity contribution >= 4 is 0 Å². The van der Waals surface area contributed by atoms with Crippen LogP contribution in [-0.2, 0) is 11.7 Å². The van der Waals surface area contributed by atoms with Crippen LogP contribution in [0.5, 0.6) is 0 Å². The van der Waals surface area contributed by atoms with Crippen molar-refractivity contribution in [3.63, 3.8) is 0 Å². The third-order valence-electron chi connectivity index (χ3n) is 3.50. The van der Waals surface area contributed by atoms with Crippen molar-refractivity contribution in [3.05, 3.63) is 70.8 Å². The lowest BCUT2D eigenvalue weighted by Gasteiger charge is -2.30. The van der Waals surface area contributed by atoms with Gasteiger partial charge in [-0.3, -0.25) is 0 Å². The fraction of sp³-hybridized carbons (Fsp3) is 0.250. The van der Waals surface area contributed by atoms with Crippen molar-refractivity contribution in [2.45, 2.75) is 25.6 Å². The minimum Gasteiger partial charge on any atom is -0.318 e. The SMILES string of the molecule is Cc1ccccc1C(C)(N)c1ccccc1C(F)(F)F. The van der Waals surface area contributed by atoms with Crippen LogP contribution in [0, 0.1) is 6.92 Å². The first-order chi connectivity index (χ1) is 9.24. The Morgan fingerprint density at radius 2 is 1.25 bits per heavy atom. The van der Waals surface area contributed by atoms with Crippen LogP contribution < -0.4 is 5.73 Å². The van der Waals surface area contributed by atoms with Crippen LogP contribution in [0.2, 0.25) is 0 Å². The minimum absolute atomic E-state index is 0.0850. The summed E-state index contributed by atoms with van der Waals surface area (Å²) in [7, 11) is 0. The number of alkyl halides is 3. The number of hydrogen-bond acceptors (Lipinski definition) is 1. The monoisotopic (exact) mass is 279 g/mol. The first kappa shape index (κ1) is 14.6. The highest BCUT2D eigenvalue weighted by molar-refractivity contribution is 5.45. The highest BCUT2D eigenvalue weighted by atomic mass is 19.4. The van der Waals surface area contributed by atoms with E-state index in [1.807, 2.05) is 19.1 Å². The summed E-state index contributed by atoms with van der Waals surface area (Å²) in [4.78, 5) is 0. The lowest BCUT2D eigenvalue weighted by Crippen LogP contribution is -2.37. The Hall–Kier alpha value is -1.81. The molecule has 0 spiro atoms. The van der Waals surface area contributed by atoms with E-state index in [4.69, 9.17) is 5.73 Å².